The summed E-state index contributed by atoms with van der Waals surface area (Å²) in [6.45, 7) is 3.00. The van der Waals surface area contributed by atoms with Crippen molar-refractivity contribution in [2.75, 3.05) is 19.8 Å². The number of esters is 1. The minimum absolute atomic E-state index is 0.256. The van der Waals surface area contributed by atoms with Crippen molar-refractivity contribution in [1.82, 2.24) is 5.32 Å². The van der Waals surface area contributed by atoms with Gasteiger partial charge in [-0.1, -0.05) is 60.5 Å². The lowest BCUT2D eigenvalue weighted by atomic mass is 10.1. The lowest BCUT2D eigenvalue weighted by Gasteiger charge is -2.09. The molecule has 0 amide bonds. The molecule has 0 aliphatic carbocycles. The minimum atomic E-state index is -0.315. The number of carbonyl (C=O) groups excluding carboxylic acids is 1. The molecule has 5 heteroatoms. The summed E-state index contributed by atoms with van der Waals surface area (Å²) in [5, 5.41) is 3.43. The van der Waals surface area contributed by atoms with Crippen molar-refractivity contribution in [3.8, 4) is 18.1 Å². The van der Waals surface area contributed by atoms with Gasteiger partial charge in [0.15, 0.2) is 0 Å². The number of nitrogens with one attached hydrogen (secondary N) is 1. The molecule has 0 unspecified atom stereocenters. The maximum atomic E-state index is 12.0. The first kappa shape index (κ1) is 23.1. The van der Waals surface area contributed by atoms with E-state index in [2.05, 4.69) is 11.2 Å². The first-order valence-corrected chi connectivity index (χ1v) is 10.5. The highest BCUT2D eigenvalue weighted by Crippen LogP contribution is 2.13. The third-order valence-corrected chi connectivity index (χ3v) is 4.67. The number of hydrogen-bond donors (Lipinski definition) is 1. The Balaban J connectivity index is 1.35. The van der Waals surface area contributed by atoms with Gasteiger partial charge in [0.25, 0.3) is 0 Å². The Hall–Kier alpha value is -3.59. The maximum Gasteiger partial charge on any atom is 0.338 e. The van der Waals surface area contributed by atoms with Crippen molar-refractivity contribution >= 4 is 5.97 Å². The zero-order valence-electron chi connectivity index (χ0n) is 18.0. The number of ether oxygens (including phenoxy) is 3. The van der Waals surface area contributed by atoms with Crippen LogP contribution < -0.4 is 10.1 Å². The van der Waals surface area contributed by atoms with Crippen LogP contribution in [0, 0.1) is 12.3 Å². The van der Waals surface area contributed by atoms with E-state index in [1.54, 1.807) is 12.1 Å². The van der Waals surface area contributed by atoms with Gasteiger partial charge in [-0.2, -0.15) is 0 Å². The summed E-state index contributed by atoms with van der Waals surface area (Å²) >= 11 is 0. The van der Waals surface area contributed by atoms with Crippen LogP contribution in [0.1, 0.15) is 27.0 Å². The summed E-state index contributed by atoms with van der Waals surface area (Å²) < 4.78 is 16.2. The molecule has 0 aliphatic heterocycles. The fourth-order valence-corrected chi connectivity index (χ4v) is 2.96. The average molecular weight is 430 g/mol. The molecule has 0 fully saturated rings. The molecule has 5 nitrogen and oxygen atoms in total. The van der Waals surface area contributed by atoms with Gasteiger partial charge in [0.1, 0.15) is 25.6 Å². The summed E-state index contributed by atoms with van der Waals surface area (Å²) in [6.07, 6.45) is 5.12. The van der Waals surface area contributed by atoms with Crippen LogP contribution in [0.4, 0.5) is 0 Å². The predicted octanol–water partition coefficient (Wildman–Crippen LogP) is 4.36. The number of benzene rings is 3. The number of carbonyl (C=O) groups is 1. The Labute approximate surface area is 189 Å². The Morgan fingerprint density at radius 3 is 2.09 bits per heavy atom. The summed E-state index contributed by atoms with van der Waals surface area (Å²) in [6, 6.07) is 25.0. The van der Waals surface area contributed by atoms with Crippen molar-refractivity contribution in [3.63, 3.8) is 0 Å². The summed E-state index contributed by atoms with van der Waals surface area (Å²) in [5.41, 5.74) is 3.85. The van der Waals surface area contributed by atoms with E-state index in [4.69, 9.17) is 20.6 Å². The molecule has 0 saturated heterocycles. The largest absolute Gasteiger partial charge is 0.491 e. The molecule has 0 aromatic heterocycles. The number of hydrogen-bond acceptors (Lipinski definition) is 5. The normalized spacial score (nSPS) is 10.3. The lowest BCUT2D eigenvalue weighted by Crippen LogP contribution is -2.12. The second-order valence-electron chi connectivity index (χ2n) is 7.11. The number of terminal acetylenes is 1. The molecule has 0 heterocycles. The molecule has 0 atom stereocenters. The first-order chi connectivity index (χ1) is 15.7. The topological polar surface area (TPSA) is 56.8 Å². The highest BCUT2D eigenvalue weighted by molar-refractivity contribution is 5.89. The van der Waals surface area contributed by atoms with E-state index in [1.165, 1.54) is 5.56 Å². The molecule has 32 heavy (non-hydrogen) atoms. The van der Waals surface area contributed by atoms with E-state index >= 15 is 0 Å². The molecule has 0 aliphatic rings. The van der Waals surface area contributed by atoms with Crippen LogP contribution in [0.2, 0.25) is 0 Å². The van der Waals surface area contributed by atoms with Crippen LogP contribution >= 0.6 is 0 Å². The van der Waals surface area contributed by atoms with E-state index in [0.717, 1.165) is 30.0 Å². The highest BCUT2D eigenvalue weighted by Gasteiger charge is 2.06. The van der Waals surface area contributed by atoms with Crippen LogP contribution in [0.3, 0.4) is 0 Å². The van der Waals surface area contributed by atoms with Gasteiger partial charge in [-0.05, 0) is 41.0 Å². The standard InChI is InChI=1S/C27H27NO4/c1-2-16-30-17-18-31-26-14-12-23(13-15-26)20-28-19-22-8-10-24(11-9-22)21-32-27(29)25-6-4-3-5-7-25/h1,3-15,28H,16-21H2. The zero-order chi connectivity index (χ0) is 22.4. The van der Waals surface area contributed by atoms with Gasteiger partial charge in [0.05, 0.1) is 12.2 Å². The molecule has 1 N–H and O–H groups in total. The lowest BCUT2D eigenvalue weighted by molar-refractivity contribution is 0.0472. The molecule has 0 radical (unpaired) electrons. The molecule has 3 aromatic carbocycles. The Morgan fingerprint density at radius 1 is 0.812 bits per heavy atom. The van der Waals surface area contributed by atoms with Crippen molar-refractivity contribution in [2.45, 2.75) is 19.7 Å². The van der Waals surface area contributed by atoms with Gasteiger partial charge in [-0.3, -0.25) is 0 Å². The maximum absolute atomic E-state index is 12.0. The van der Waals surface area contributed by atoms with Crippen LogP contribution in [0.15, 0.2) is 78.9 Å². The van der Waals surface area contributed by atoms with Gasteiger partial charge in [-0.15, -0.1) is 6.42 Å². The van der Waals surface area contributed by atoms with Crippen LogP contribution in [-0.4, -0.2) is 25.8 Å². The molecule has 0 spiro atoms. The smallest absolute Gasteiger partial charge is 0.338 e. The molecule has 0 bridgehead atoms. The first-order valence-electron chi connectivity index (χ1n) is 10.5. The third-order valence-electron chi connectivity index (χ3n) is 4.67. The number of rotatable bonds is 12. The second-order valence-corrected chi connectivity index (χ2v) is 7.11. The molecule has 3 rings (SSSR count). The Bertz CT molecular complexity index is 993. The zero-order valence-corrected chi connectivity index (χ0v) is 18.0. The third kappa shape index (κ3) is 7.92. The van der Waals surface area contributed by atoms with Gasteiger partial charge < -0.3 is 19.5 Å². The molecule has 164 valence electrons. The molecule has 0 saturated carbocycles. The quantitative estimate of drug-likeness (QED) is 0.263. The monoisotopic (exact) mass is 429 g/mol. The van der Waals surface area contributed by atoms with E-state index in [9.17, 15) is 4.79 Å². The summed E-state index contributed by atoms with van der Waals surface area (Å²) in [7, 11) is 0. The van der Waals surface area contributed by atoms with Crippen LogP contribution in [0.25, 0.3) is 0 Å². The van der Waals surface area contributed by atoms with Gasteiger partial charge in [-0.25, -0.2) is 4.79 Å². The fraction of sp³-hybridized carbons (Fsp3) is 0.222. The fourth-order valence-electron chi connectivity index (χ4n) is 2.96. The Morgan fingerprint density at radius 2 is 1.44 bits per heavy atom. The highest BCUT2D eigenvalue weighted by atomic mass is 16.5. The van der Waals surface area contributed by atoms with Crippen molar-refractivity contribution in [2.24, 2.45) is 0 Å². The van der Waals surface area contributed by atoms with Crippen LogP contribution in [-0.2, 0) is 29.2 Å². The van der Waals surface area contributed by atoms with E-state index in [-0.39, 0.29) is 12.6 Å². The SMILES string of the molecule is C#CCOCCOc1ccc(CNCc2ccc(COC(=O)c3ccccc3)cc2)cc1. The predicted molar refractivity (Wildman–Crippen MR) is 124 cm³/mol. The van der Waals surface area contributed by atoms with E-state index < -0.39 is 0 Å². The Kier molecular flexibility index (Phi) is 9.35. The average Bonchev–Trinajstić information content (AvgIpc) is 2.84. The summed E-state index contributed by atoms with van der Waals surface area (Å²) in [5.74, 6) is 2.91. The van der Waals surface area contributed by atoms with E-state index in [1.807, 2.05) is 66.7 Å². The van der Waals surface area contributed by atoms with Gasteiger partial charge >= 0.3 is 5.97 Å². The van der Waals surface area contributed by atoms with Gasteiger partial charge in [0.2, 0.25) is 0 Å². The van der Waals surface area contributed by atoms with Crippen LogP contribution in [0.5, 0.6) is 5.75 Å². The molecule has 3 aromatic rings. The minimum Gasteiger partial charge on any atom is -0.491 e. The van der Waals surface area contributed by atoms with Crippen molar-refractivity contribution in [1.29, 1.82) is 0 Å². The van der Waals surface area contributed by atoms with Crippen molar-refractivity contribution < 1.29 is 19.0 Å². The van der Waals surface area contributed by atoms with E-state index in [0.29, 0.717) is 25.4 Å². The van der Waals surface area contributed by atoms with Crippen molar-refractivity contribution in [3.05, 3.63) is 101 Å². The second kappa shape index (κ2) is 13.0. The van der Waals surface area contributed by atoms with Gasteiger partial charge in [0, 0.05) is 13.1 Å². The molecular weight excluding hydrogens is 402 g/mol. The molecular formula is C27H27NO4. The summed E-state index contributed by atoms with van der Waals surface area (Å²) in [4.78, 5) is 12.0.